The Morgan fingerprint density at radius 2 is 1.82 bits per heavy atom. The molecule has 0 unspecified atom stereocenters. The molecule has 22 heavy (non-hydrogen) atoms. The van der Waals surface area contributed by atoms with Gasteiger partial charge in [0.2, 0.25) is 0 Å². The van der Waals surface area contributed by atoms with E-state index in [0.29, 0.717) is 10.0 Å². The van der Waals surface area contributed by atoms with Gasteiger partial charge in [-0.1, -0.05) is 29.3 Å². The van der Waals surface area contributed by atoms with Gasteiger partial charge in [-0.15, -0.1) is 10.2 Å². The van der Waals surface area contributed by atoms with Gasteiger partial charge < -0.3 is 9.47 Å². The number of aromatic nitrogens is 3. The van der Waals surface area contributed by atoms with Gasteiger partial charge in [0.05, 0.1) is 22.3 Å². The molecule has 0 aliphatic carbocycles. The average molecular weight is 340 g/mol. The van der Waals surface area contributed by atoms with Crippen molar-refractivity contribution in [2.45, 2.75) is 13.5 Å². The minimum Gasteiger partial charge on any atom is -0.368 e. The highest BCUT2D eigenvalue weighted by atomic mass is 35.5. The van der Waals surface area contributed by atoms with Crippen LogP contribution in [0, 0.1) is 6.92 Å². The zero-order valence-electron chi connectivity index (χ0n) is 12.8. The highest BCUT2D eigenvalue weighted by Crippen LogP contribution is 2.32. The molecule has 3 rings (SSSR count). The molecule has 7 heteroatoms. The number of benzene rings is 1. The number of aryl methyl sites for hydroxylation is 1. The number of rotatable bonds is 3. The number of piperazine rings is 1. The van der Waals surface area contributed by atoms with Crippen LogP contribution in [0.25, 0.3) is 0 Å². The van der Waals surface area contributed by atoms with Gasteiger partial charge in [0, 0.05) is 33.2 Å². The van der Waals surface area contributed by atoms with E-state index in [9.17, 15) is 0 Å². The van der Waals surface area contributed by atoms with Crippen molar-refractivity contribution in [1.82, 2.24) is 19.7 Å². The van der Waals surface area contributed by atoms with Crippen molar-refractivity contribution in [3.63, 3.8) is 0 Å². The smallest absolute Gasteiger partial charge is 0.146 e. The Labute approximate surface area is 140 Å². The Balaban J connectivity index is 1.63. The third-order valence-electron chi connectivity index (χ3n) is 4.19. The molecule has 1 aromatic carbocycles. The number of nitrogens with zero attached hydrogens (tertiary/aromatic N) is 5. The lowest BCUT2D eigenvalue weighted by Crippen LogP contribution is -2.46. The predicted molar refractivity (Wildman–Crippen MR) is 89.7 cm³/mol. The van der Waals surface area contributed by atoms with Crippen LogP contribution in [-0.2, 0) is 13.6 Å². The van der Waals surface area contributed by atoms with Crippen LogP contribution >= 0.6 is 23.2 Å². The van der Waals surface area contributed by atoms with E-state index in [-0.39, 0.29) is 0 Å². The van der Waals surface area contributed by atoms with Crippen LogP contribution in [0.4, 0.5) is 5.69 Å². The van der Waals surface area contributed by atoms with Crippen molar-refractivity contribution < 1.29 is 0 Å². The second-order valence-corrected chi connectivity index (χ2v) is 6.34. The Kier molecular flexibility index (Phi) is 4.57. The van der Waals surface area contributed by atoms with Crippen LogP contribution in [0.3, 0.4) is 0 Å². The van der Waals surface area contributed by atoms with Crippen LogP contribution in [0.1, 0.15) is 11.6 Å². The first kappa shape index (κ1) is 15.6. The summed E-state index contributed by atoms with van der Waals surface area (Å²) in [6, 6.07) is 5.79. The van der Waals surface area contributed by atoms with Crippen LogP contribution < -0.4 is 4.90 Å². The van der Waals surface area contributed by atoms with Crippen molar-refractivity contribution >= 4 is 28.9 Å². The summed E-state index contributed by atoms with van der Waals surface area (Å²) in [5, 5.41) is 9.59. The lowest BCUT2D eigenvalue weighted by atomic mass is 10.2. The van der Waals surface area contributed by atoms with Gasteiger partial charge in [-0.05, 0) is 19.1 Å². The maximum absolute atomic E-state index is 6.31. The average Bonchev–Trinajstić information content (AvgIpc) is 2.83. The monoisotopic (exact) mass is 339 g/mol. The summed E-state index contributed by atoms with van der Waals surface area (Å²) in [6.07, 6.45) is 0. The van der Waals surface area contributed by atoms with Gasteiger partial charge >= 0.3 is 0 Å². The fourth-order valence-electron chi connectivity index (χ4n) is 2.67. The Bertz CT molecular complexity index is 662. The molecule has 0 spiro atoms. The zero-order chi connectivity index (χ0) is 15.7. The minimum absolute atomic E-state index is 0.608. The van der Waals surface area contributed by atoms with E-state index in [1.807, 2.05) is 36.7 Å². The first-order valence-corrected chi connectivity index (χ1v) is 8.08. The molecule has 0 radical (unpaired) electrons. The molecule has 2 heterocycles. The fraction of sp³-hybridized carbons (Fsp3) is 0.467. The summed E-state index contributed by atoms with van der Waals surface area (Å²) >= 11 is 12.4. The van der Waals surface area contributed by atoms with E-state index in [2.05, 4.69) is 20.0 Å². The summed E-state index contributed by atoms with van der Waals surface area (Å²) in [5.41, 5.74) is 1.02. The number of halogens is 2. The molecular formula is C15H19Cl2N5. The predicted octanol–water partition coefficient (Wildman–Crippen LogP) is 2.75. The van der Waals surface area contributed by atoms with E-state index in [1.54, 1.807) is 0 Å². The lowest BCUT2D eigenvalue weighted by molar-refractivity contribution is 0.241. The molecule has 0 N–H and O–H groups in total. The third-order valence-corrected chi connectivity index (χ3v) is 5.00. The minimum atomic E-state index is 0.608. The highest BCUT2D eigenvalue weighted by molar-refractivity contribution is 6.43. The molecule has 118 valence electrons. The highest BCUT2D eigenvalue weighted by Gasteiger charge is 2.21. The molecule has 2 aromatic rings. The quantitative estimate of drug-likeness (QED) is 0.861. The molecule has 0 bridgehead atoms. The van der Waals surface area contributed by atoms with Gasteiger partial charge in [0.15, 0.2) is 0 Å². The van der Waals surface area contributed by atoms with Gasteiger partial charge in [-0.2, -0.15) is 0 Å². The van der Waals surface area contributed by atoms with Crippen molar-refractivity contribution in [1.29, 1.82) is 0 Å². The maximum atomic E-state index is 6.31. The third kappa shape index (κ3) is 3.07. The number of anilines is 1. The number of hydrogen-bond acceptors (Lipinski definition) is 4. The van der Waals surface area contributed by atoms with Crippen molar-refractivity contribution in [2.24, 2.45) is 7.05 Å². The molecule has 0 saturated carbocycles. The molecule has 0 amide bonds. The summed E-state index contributed by atoms with van der Waals surface area (Å²) in [7, 11) is 2.01. The second kappa shape index (κ2) is 6.44. The van der Waals surface area contributed by atoms with Crippen LogP contribution in [-0.4, -0.2) is 45.8 Å². The lowest BCUT2D eigenvalue weighted by Gasteiger charge is -2.36. The Morgan fingerprint density at radius 3 is 2.45 bits per heavy atom. The van der Waals surface area contributed by atoms with Gasteiger partial charge in [-0.3, -0.25) is 4.90 Å². The Hall–Kier alpha value is -1.30. The first-order chi connectivity index (χ1) is 10.6. The zero-order valence-corrected chi connectivity index (χ0v) is 14.3. The normalized spacial score (nSPS) is 16.3. The van der Waals surface area contributed by atoms with Crippen LogP contribution in [0.15, 0.2) is 18.2 Å². The SMILES string of the molecule is Cc1nnc(CN2CCN(c3cccc(Cl)c3Cl)CC2)n1C. The van der Waals surface area contributed by atoms with Crippen molar-refractivity contribution in [3.8, 4) is 0 Å². The number of hydrogen-bond donors (Lipinski definition) is 0. The van der Waals surface area contributed by atoms with E-state index < -0.39 is 0 Å². The van der Waals surface area contributed by atoms with Crippen molar-refractivity contribution in [2.75, 3.05) is 31.1 Å². The molecule has 1 aromatic heterocycles. The summed E-state index contributed by atoms with van der Waals surface area (Å²) < 4.78 is 2.04. The van der Waals surface area contributed by atoms with E-state index in [4.69, 9.17) is 23.2 Å². The summed E-state index contributed by atoms with van der Waals surface area (Å²) in [5.74, 6) is 1.95. The summed E-state index contributed by atoms with van der Waals surface area (Å²) in [4.78, 5) is 4.67. The van der Waals surface area contributed by atoms with Crippen LogP contribution in [0.2, 0.25) is 10.0 Å². The van der Waals surface area contributed by atoms with Crippen molar-refractivity contribution in [3.05, 3.63) is 39.9 Å². The first-order valence-electron chi connectivity index (χ1n) is 7.32. The van der Waals surface area contributed by atoms with E-state index in [1.165, 1.54) is 0 Å². The second-order valence-electron chi connectivity index (χ2n) is 5.56. The molecule has 1 aliphatic heterocycles. The molecule has 1 aliphatic rings. The molecule has 1 fully saturated rings. The molecule has 1 saturated heterocycles. The molecule has 5 nitrogen and oxygen atoms in total. The standard InChI is InChI=1S/C15H19Cl2N5/c1-11-18-19-14(20(11)2)10-21-6-8-22(9-7-21)13-5-3-4-12(16)15(13)17/h3-5H,6-10H2,1-2H3. The largest absolute Gasteiger partial charge is 0.368 e. The fourth-order valence-corrected chi connectivity index (χ4v) is 3.09. The van der Waals surface area contributed by atoms with Gasteiger partial charge in [0.25, 0.3) is 0 Å². The topological polar surface area (TPSA) is 37.2 Å². The van der Waals surface area contributed by atoms with E-state index >= 15 is 0 Å². The summed E-state index contributed by atoms with van der Waals surface area (Å²) in [6.45, 7) is 6.58. The molecular weight excluding hydrogens is 321 g/mol. The maximum Gasteiger partial charge on any atom is 0.146 e. The van der Waals surface area contributed by atoms with Crippen LogP contribution in [0.5, 0.6) is 0 Å². The van der Waals surface area contributed by atoms with Gasteiger partial charge in [0.1, 0.15) is 11.6 Å². The Morgan fingerprint density at radius 1 is 1.09 bits per heavy atom. The van der Waals surface area contributed by atoms with E-state index in [0.717, 1.165) is 50.1 Å². The molecule has 0 atom stereocenters. The van der Waals surface area contributed by atoms with Gasteiger partial charge in [-0.25, -0.2) is 0 Å².